The van der Waals surface area contributed by atoms with Crippen molar-refractivity contribution in [1.29, 1.82) is 0 Å². The molecule has 0 radical (unpaired) electrons. The van der Waals surface area contributed by atoms with Crippen LogP contribution in [0.5, 0.6) is 0 Å². The summed E-state index contributed by atoms with van der Waals surface area (Å²) in [4.78, 5) is 2.57. The van der Waals surface area contributed by atoms with Gasteiger partial charge in [-0.1, -0.05) is 13.0 Å². The van der Waals surface area contributed by atoms with Crippen LogP contribution in [0, 0.1) is 5.92 Å². The lowest BCUT2D eigenvalue weighted by Gasteiger charge is -2.36. The highest BCUT2D eigenvalue weighted by Gasteiger charge is 2.21. The summed E-state index contributed by atoms with van der Waals surface area (Å²) in [7, 11) is 0. The predicted octanol–water partition coefficient (Wildman–Crippen LogP) is 2.40. The van der Waals surface area contributed by atoms with Gasteiger partial charge in [0.05, 0.1) is 0 Å². The molecule has 1 aliphatic heterocycles. The molecule has 0 saturated carbocycles. The average Bonchev–Trinajstić information content (AvgIpc) is 2.01. The van der Waals surface area contributed by atoms with E-state index in [4.69, 9.17) is 0 Å². The number of rotatable bonds is 1. The molecule has 1 heteroatoms. The Morgan fingerprint density at radius 1 is 1.27 bits per heavy atom. The van der Waals surface area contributed by atoms with Gasteiger partial charge < -0.3 is 4.90 Å². The van der Waals surface area contributed by atoms with Gasteiger partial charge in [-0.25, -0.2) is 0 Å². The normalized spacial score (nSPS) is 31.2. The smallest absolute Gasteiger partial charge is 0.0174 e. The monoisotopic (exact) mass is 151 g/mol. The van der Waals surface area contributed by atoms with Crippen LogP contribution in [0.2, 0.25) is 0 Å². The Morgan fingerprint density at radius 3 is 2.45 bits per heavy atom. The maximum absolute atomic E-state index is 2.57. The third-order valence-corrected chi connectivity index (χ3v) is 2.77. The Bertz CT molecular complexity index is 166. The van der Waals surface area contributed by atoms with Crippen molar-refractivity contribution in [1.82, 2.24) is 4.90 Å². The summed E-state index contributed by atoms with van der Waals surface area (Å²) >= 11 is 0. The topological polar surface area (TPSA) is 3.24 Å². The summed E-state index contributed by atoms with van der Waals surface area (Å²) in [5, 5.41) is 0. The van der Waals surface area contributed by atoms with Crippen LogP contribution in [0.15, 0.2) is 11.8 Å². The van der Waals surface area contributed by atoms with Crippen molar-refractivity contribution in [3.05, 3.63) is 11.8 Å². The zero-order valence-corrected chi connectivity index (χ0v) is 7.34. The number of nitrogens with zero attached hydrogens (tertiary/aromatic N) is 1. The summed E-state index contributed by atoms with van der Waals surface area (Å²) in [6.07, 6.45) is 8.02. The van der Waals surface area contributed by atoms with Crippen molar-refractivity contribution in [3.63, 3.8) is 0 Å². The molecular formula is C10H17N. The Hall–Kier alpha value is -0.460. The number of hydrogen-bond donors (Lipinski definition) is 0. The molecule has 2 rings (SSSR count). The van der Waals surface area contributed by atoms with Crippen LogP contribution in [0.3, 0.4) is 0 Å². The van der Waals surface area contributed by atoms with Crippen molar-refractivity contribution >= 4 is 0 Å². The average molecular weight is 151 g/mol. The van der Waals surface area contributed by atoms with Crippen LogP contribution < -0.4 is 0 Å². The fraction of sp³-hybridized carbons (Fsp3) is 0.800. The van der Waals surface area contributed by atoms with Crippen molar-refractivity contribution < 1.29 is 0 Å². The molecule has 1 nitrogen and oxygen atoms in total. The minimum atomic E-state index is 0.854. The summed E-state index contributed by atoms with van der Waals surface area (Å²) in [6, 6.07) is 0. The number of allylic oxidation sites excluding steroid dienone is 2. The lowest BCUT2D eigenvalue weighted by Crippen LogP contribution is -2.32. The first-order valence-electron chi connectivity index (χ1n) is 4.82. The van der Waals surface area contributed by atoms with E-state index in [1.165, 1.54) is 38.8 Å². The van der Waals surface area contributed by atoms with Gasteiger partial charge in [-0.2, -0.15) is 0 Å². The predicted molar refractivity (Wildman–Crippen MR) is 47.3 cm³/mol. The summed E-state index contributed by atoms with van der Waals surface area (Å²) in [5.74, 6) is 0.854. The van der Waals surface area contributed by atoms with Gasteiger partial charge in [0.25, 0.3) is 0 Å². The van der Waals surface area contributed by atoms with Gasteiger partial charge in [-0.05, 0) is 31.6 Å². The van der Waals surface area contributed by atoms with Crippen molar-refractivity contribution in [2.45, 2.75) is 32.6 Å². The van der Waals surface area contributed by atoms with Gasteiger partial charge in [0.1, 0.15) is 0 Å². The fourth-order valence-electron chi connectivity index (χ4n) is 2.04. The first kappa shape index (κ1) is 7.20. The second-order valence-electron chi connectivity index (χ2n) is 3.89. The van der Waals surface area contributed by atoms with Gasteiger partial charge in [-0.3, -0.25) is 0 Å². The largest absolute Gasteiger partial charge is 0.375 e. The van der Waals surface area contributed by atoms with Crippen LogP contribution in [0.25, 0.3) is 0 Å². The van der Waals surface area contributed by atoms with E-state index in [2.05, 4.69) is 17.9 Å². The molecule has 1 heterocycles. The molecular weight excluding hydrogens is 134 g/mol. The maximum atomic E-state index is 2.57. The zero-order chi connectivity index (χ0) is 7.68. The number of likely N-dealkylation sites (tertiary alicyclic amines) is 1. The Morgan fingerprint density at radius 2 is 1.91 bits per heavy atom. The molecule has 0 aromatic carbocycles. The van der Waals surface area contributed by atoms with E-state index in [9.17, 15) is 0 Å². The van der Waals surface area contributed by atoms with E-state index in [1.54, 1.807) is 5.70 Å². The lowest BCUT2D eigenvalue weighted by molar-refractivity contribution is 0.255. The molecule has 62 valence electrons. The van der Waals surface area contributed by atoms with Gasteiger partial charge in [-0.15, -0.1) is 0 Å². The highest BCUT2D eigenvalue weighted by atomic mass is 15.1. The first-order chi connectivity index (χ1) is 5.36. The Kier molecular flexibility index (Phi) is 1.89. The van der Waals surface area contributed by atoms with Crippen LogP contribution in [0.4, 0.5) is 0 Å². The molecule has 0 amide bonds. The molecule has 0 N–H and O–H groups in total. The molecule has 1 atom stereocenters. The SMILES string of the molecule is CC1C=C(N2CCCCC2)C1. The molecule has 1 aliphatic carbocycles. The summed E-state index contributed by atoms with van der Waals surface area (Å²) < 4.78 is 0. The van der Waals surface area contributed by atoms with E-state index in [1.807, 2.05) is 0 Å². The quantitative estimate of drug-likeness (QED) is 0.556. The Balaban J connectivity index is 1.89. The molecule has 0 spiro atoms. The number of hydrogen-bond acceptors (Lipinski definition) is 1. The van der Waals surface area contributed by atoms with Crippen LogP contribution >= 0.6 is 0 Å². The van der Waals surface area contributed by atoms with Crippen LogP contribution in [0.1, 0.15) is 32.6 Å². The molecule has 1 fully saturated rings. The van der Waals surface area contributed by atoms with E-state index in [-0.39, 0.29) is 0 Å². The third-order valence-electron chi connectivity index (χ3n) is 2.77. The van der Waals surface area contributed by atoms with Gasteiger partial charge >= 0.3 is 0 Å². The maximum Gasteiger partial charge on any atom is 0.0174 e. The van der Waals surface area contributed by atoms with Crippen LogP contribution in [-0.2, 0) is 0 Å². The molecule has 0 aromatic rings. The van der Waals surface area contributed by atoms with Crippen molar-refractivity contribution in [3.8, 4) is 0 Å². The third kappa shape index (κ3) is 1.42. The highest BCUT2D eigenvalue weighted by Crippen LogP contribution is 2.29. The molecule has 2 aliphatic rings. The number of piperidine rings is 1. The second-order valence-corrected chi connectivity index (χ2v) is 3.89. The van der Waals surface area contributed by atoms with Gasteiger partial charge in [0, 0.05) is 18.8 Å². The minimum absolute atomic E-state index is 0.854. The minimum Gasteiger partial charge on any atom is -0.375 e. The van der Waals surface area contributed by atoms with E-state index in [0.29, 0.717) is 0 Å². The zero-order valence-electron chi connectivity index (χ0n) is 7.34. The highest BCUT2D eigenvalue weighted by molar-refractivity contribution is 5.15. The molecule has 0 bridgehead atoms. The fourth-order valence-corrected chi connectivity index (χ4v) is 2.04. The van der Waals surface area contributed by atoms with Crippen LogP contribution in [-0.4, -0.2) is 18.0 Å². The molecule has 1 saturated heterocycles. The van der Waals surface area contributed by atoms with E-state index < -0.39 is 0 Å². The second kappa shape index (κ2) is 2.88. The lowest BCUT2D eigenvalue weighted by atomic mass is 9.91. The Labute approximate surface area is 69.1 Å². The molecule has 11 heavy (non-hydrogen) atoms. The van der Waals surface area contributed by atoms with E-state index >= 15 is 0 Å². The standard InChI is InChI=1S/C10H17N/c1-9-7-10(8-9)11-5-3-2-4-6-11/h7,9H,2-6,8H2,1H3. The van der Waals surface area contributed by atoms with E-state index in [0.717, 1.165) is 5.92 Å². The summed E-state index contributed by atoms with van der Waals surface area (Å²) in [5.41, 5.74) is 1.62. The van der Waals surface area contributed by atoms with Crippen molar-refractivity contribution in [2.24, 2.45) is 5.92 Å². The molecule has 1 unspecified atom stereocenters. The first-order valence-corrected chi connectivity index (χ1v) is 4.82. The van der Waals surface area contributed by atoms with Gasteiger partial charge in [0.15, 0.2) is 0 Å². The summed E-state index contributed by atoms with van der Waals surface area (Å²) in [6.45, 7) is 4.94. The van der Waals surface area contributed by atoms with Gasteiger partial charge in [0.2, 0.25) is 0 Å². The van der Waals surface area contributed by atoms with Crippen molar-refractivity contribution in [2.75, 3.05) is 13.1 Å². The molecule has 0 aromatic heterocycles.